The molecule has 1 aromatic carbocycles. The van der Waals surface area contributed by atoms with E-state index < -0.39 is 0 Å². The number of aryl methyl sites for hydroxylation is 1. The van der Waals surface area contributed by atoms with Gasteiger partial charge in [-0.15, -0.1) is 16.4 Å². The standard InChI is InChI=1S/C22H26N6O2S/c1-4-23-21(30)18-16-10-5-6-11-17(16)31-22(18)24-20(29)15-9-7-8-14(12-15)19-25-26-27-28(19)13(2)3/h7-9,12-13H,4-6,10-11H2,1-3H3,(H,23,30)(H,24,29). The number of benzene rings is 1. The van der Waals surface area contributed by atoms with Gasteiger partial charge >= 0.3 is 0 Å². The molecule has 0 aliphatic heterocycles. The Hall–Kier alpha value is -3.07. The molecule has 0 atom stereocenters. The van der Waals surface area contributed by atoms with Crippen LogP contribution in [0.15, 0.2) is 24.3 Å². The molecule has 162 valence electrons. The maximum Gasteiger partial charge on any atom is 0.256 e. The Labute approximate surface area is 185 Å². The Morgan fingerprint density at radius 3 is 2.77 bits per heavy atom. The highest BCUT2D eigenvalue weighted by atomic mass is 32.1. The summed E-state index contributed by atoms with van der Waals surface area (Å²) in [6, 6.07) is 7.32. The molecule has 2 N–H and O–H groups in total. The number of amides is 2. The van der Waals surface area contributed by atoms with Gasteiger partial charge in [-0.1, -0.05) is 12.1 Å². The molecular weight excluding hydrogens is 412 g/mol. The molecule has 1 aliphatic carbocycles. The molecule has 0 unspecified atom stereocenters. The van der Waals surface area contributed by atoms with Crippen LogP contribution >= 0.6 is 11.3 Å². The predicted molar refractivity (Wildman–Crippen MR) is 121 cm³/mol. The third kappa shape index (κ3) is 4.23. The van der Waals surface area contributed by atoms with Crippen molar-refractivity contribution in [1.29, 1.82) is 0 Å². The first-order valence-electron chi connectivity index (χ1n) is 10.6. The summed E-state index contributed by atoms with van der Waals surface area (Å²) in [5, 5.41) is 18.4. The summed E-state index contributed by atoms with van der Waals surface area (Å²) < 4.78 is 1.72. The Bertz CT molecular complexity index is 1120. The fourth-order valence-corrected chi connectivity index (χ4v) is 5.13. The summed E-state index contributed by atoms with van der Waals surface area (Å²) in [4.78, 5) is 27.1. The van der Waals surface area contributed by atoms with Crippen LogP contribution in [0.5, 0.6) is 0 Å². The van der Waals surface area contributed by atoms with Crippen LogP contribution in [-0.2, 0) is 12.8 Å². The number of anilines is 1. The molecule has 0 saturated carbocycles. The summed E-state index contributed by atoms with van der Waals surface area (Å²) in [5.41, 5.74) is 2.96. The maximum absolute atomic E-state index is 13.1. The van der Waals surface area contributed by atoms with Crippen LogP contribution in [-0.4, -0.2) is 38.6 Å². The molecule has 0 spiro atoms. The number of fused-ring (bicyclic) bond motifs is 1. The van der Waals surface area contributed by atoms with Crippen LogP contribution in [0.2, 0.25) is 0 Å². The minimum absolute atomic E-state index is 0.0968. The van der Waals surface area contributed by atoms with E-state index in [0.717, 1.165) is 36.8 Å². The molecule has 0 saturated heterocycles. The molecule has 2 heterocycles. The summed E-state index contributed by atoms with van der Waals surface area (Å²) in [6.45, 7) is 6.43. The van der Waals surface area contributed by atoms with Gasteiger partial charge in [0.1, 0.15) is 5.00 Å². The zero-order chi connectivity index (χ0) is 22.0. The van der Waals surface area contributed by atoms with Crippen molar-refractivity contribution in [2.75, 3.05) is 11.9 Å². The number of hydrogen-bond donors (Lipinski definition) is 2. The fraction of sp³-hybridized carbons (Fsp3) is 0.409. The minimum Gasteiger partial charge on any atom is -0.352 e. The number of thiophene rings is 1. The van der Waals surface area contributed by atoms with E-state index in [1.54, 1.807) is 16.8 Å². The lowest BCUT2D eigenvalue weighted by Gasteiger charge is -2.13. The van der Waals surface area contributed by atoms with Crippen molar-refractivity contribution < 1.29 is 9.59 Å². The summed E-state index contributed by atoms with van der Waals surface area (Å²) in [6.07, 6.45) is 4.01. The number of carbonyl (C=O) groups excluding carboxylic acids is 2. The van der Waals surface area contributed by atoms with E-state index in [4.69, 9.17) is 0 Å². The van der Waals surface area contributed by atoms with Crippen molar-refractivity contribution in [3.63, 3.8) is 0 Å². The van der Waals surface area contributed by atoms with Gasteiger partial charge in [-0.05, 0) is 74.6 Å². The number of hydrogen-bond acceptors (Lipinski definition) is 6. The molecule has 2 amide bonds. The topological polar surface area (TPSA) is 102 Å². The van der Waals surface area contributed by atoms with Crippen molar-refractivity contribution in [1.82, 2.24) is 25.5 Å². The van der Waals surface area contributed by atoms with Crippen molar-refractivity contribution in [3.05, 3.63) is 45.8 Å². The van der Waals surface area contributed by atoms with Crippen molar-refractivity contribution in [2.45, 2.75) is 52.5 Å². The van der Waals surface area contributed by atoms with Gasteiger partial charge in [0.15, 0.2) is 5.82 Å². The van der Waals surface area contributed by atoms with Crippen LogP contribution in [0.3, 0.4) is 0 Å². The first-order chi connectivity index (χ1) is 15.0. The summed E-state index contributed by atoms with van der Waals surface area (Å²) in [5.74, 6) is 0.232. The molecule has 9 heteroatoms. The van der Waals surface area contributed by atoms with E-state index in [0.29, 0.717) is 28.5 Å². The number of tetrazole rings is 1. The van der Waals surface area contributed by atoms with Gasteiger partial charge in [-0.3, -0.25) is 9.59 Å². The fourth-order valence-electron chi connectivity index (χ4n) is 3.85. The second-order valence-electron chi connectivity index (χ2n) is 7.85. The average molecular weight is 439 g/mol. The van der Waals surface area contributed by atoms with Crippen LogP contribution in [0.1, 0.15) is 70.8 Å². The van der Waals surface area contributed by atoms with Crippen LogP contribution < -0.4 is 10.6 Å². The quantitative estimate of drug-likeness (QED) is 0.608. The highest BCUT2D eigenvalue weighted by Gasteiger charge is 2.26. The van der Waals surface area contributed by atoms with E-state index in [9.17, 15) is 9.59 Å². The van der Waals surface area contributed by atoms with Crippen LogP contribution in [0, 0.1) is 0 Å². The van der Waals surface area contributed by atoms with E-state index in [1.807, 2.05) is 32.9 Å². The predicted octanol–water partition coefficient (Wildman–Crippen LogP) is 3.86. The lowest BCUT2D eigenvalue weighted by molar-refractivity contribution is 0.0956. The van der Waals surface area contributed by atoms with Gasteiger partial charge in [0.2, 0.25) is 0 Å². The van der Waals surface area contributed by atoms with Crippen LogP contribution in [0.25, 0.3) is 11.4 Å². The average Bonchev–Trinajstić information content (AvgIpc) is 3.39. The zero-order valence-corrected chi connectivity index (χ0v) is 18.8. The second-order valence-corrected chi connectivity index (χ2v) is 8.96. The third-order valence-electron chi connectivity index (χ3n) is 5.33. The zero-order valence-electron chi connectivity index (χ0n) is 17.9. The normalized spacial score (nSPS) is 13.2. The first-order valence-corrected chi connectivity index (χ1v) is 11.4. The van der Waals surface area contributed by atoms with E-state index in [1.165, 1.54) is 16.2 Å². The van der Waals surface area contributed by atoms with E-state index in [-0.39, 0.29) is 17.9 Å². The molecule has 0 fully saturated rings. The van der Waals surface area contributed by atoms with E-state index >= 15 is 0 Å². The number of nitrogens with one attached hydrogen (secondary N) is 2. The van der Waals surface area contributed by atoms with Gasteiger partial charge in [0.05, 0.1) is 11.6 Å². The molecular formula is C22H26N6O2S. The lowest BCUT2D eigenvalue weighted by Crippen LogP contribution is -2.25. The number of carbonyl (C=O) groups is 2. The number of nitrogens with zero attached hydrogens (tertiary/aromatic N) is 4. The van der Waals surface area contributed by atoms with Gasteiger partial charge in [-0.25, -0.2) is 4.68 Å². The SMILES string of the molecule is CCNC(=O)c1c(NC(=O)c2cccc(-c3nnnn3C(C)C)c2)sc2c1CCCC2. The molecule has 1 aliphatic rings. The highest BCUT2D eigenvalue weighted by Crippen LogP contribution is 2.38. The molecule has 0 radical (unpaired) electrons. The lowest BCUT2D eigenvalue weighted by atomic mass is 9.95. The van der Waals surface area contributed by atoms with Crippen molar-refractivity contribution in [2.24, 2.45) is 0 Å². The van der Waals surface area contributed by atoms with Crippen molar-refractivity contribution >= 4 is 28.2 Å². The number of aromatic nitrogens is 4. The van der Waals surface area contributed by atoms with Crippen LogP contribution in [0.4, 0.5) is 5.00 Å². The monoisotopic (exact) mass is 438 g/mol. The molecule has 4 rings (SSSR count). The minimum atomic E-state index is -0.255. The molecule has 0 bridgehead atoms. The van der Waals surface area contributed by atoms with Gasteiger partial charge < -0.3 is 10.6 Å². The van der Waals surface area contributed by atoms with Gasteiger partial charge in [0, 0.05) is 22.5 Å². The Balaban J connectivity index is 1.64. The highest BCUT2D eigenvalue weighted by molar-refractivity contribution is 7.17. The largest absolute Gasteiger partial charge is 0.352 e. The molecule has 31 heavy (non-hydrogen) atoms. The van der Waals surface area contributed by atoms with E-state index in [2.05, 4.69) is 26.2 Å². The Morgan fingerprint density at radius 1 is 1.19 bits per heavy atom. The molecule has 3 aromatic rings. The second kappa shape index (κ2) is 8.97. The summed E-state index contributed by atoms with van der Waals surface area (Å²) in [7, 11) is 0. The molecule has 2 aromatic heterocycles. The van der Waals surface area contributed by atoms with Gasteiger partial charge in [0.25, 0.3) is 11.8 Å². The Kier molecular flexibility index (Phi) is 6.13. The maximum atomic E-state index is 13.1. The smallest absolute Gasteiger partial charge is 0.256 e. The Morgan fingerprint density at radius 2 is 2.00 bits per heavy atom. The summed E-state index contributed by atoms with van der Waals surface area (Å²) >= 11 is 1.52. The van der Waals surface area contributed by atoms with Crippen molar-refractivity contribution in [3.8, 4) is 11.4 Å². The number of rotatable bonds is 6. The van der Waals surface area contributed by atoms with Gasteiger partial charge in [-0.2, -0.15) is 0 Å². The molecule has 8 nitrogen and oxygen atoms in total. The first kappa shape index (κ1) is 21.2. The third-order valence-corrected chi connectivity index (χ3v) is 6.53.